The highest BCUT2D eigenvalue weighted by molar-refractivity contribution is 9.10. The molecule has 7 heteroatoms. The van der Waals surface area contributed by atoms with Gasteiger partial charge in [0.05, 0.1) is 28.8 Å². The van der Waals surface area contributed by atoms with E-state index in [0.29, 0.717) is 16.7 Å². The van der Waals surface area contributed by atoms with E-state index in [1.807, 2.05) is 13.8 Å². The predicted octanol–water partition coefficient (Wildman–Crippen LogP) is 3.83. The molecule has 0 saturated carbocycles. The van der Waals surface area contributed by atoms with Crippen LogP contribution in [0.4, 0.5) is 13.2 Å². The molecule has 1 atom stereocenters. The van der Waals surface area contributed by atoms with Gasteiger partial charge in [-0.2, -0.15) is 18.3 Å². The van der Waals surface area contributed by atoms with Gasteiger partial charge in [-0.05, 0) is 36.3 Å². The molecule has 1 N–H and O–H groups in total. The summed E-state index contributed by atoms with van der Waals surface area (Å²) in [5.41, 5.74) is 0.546. The minimum atomic E-state index is -4.21. The Balaban J connectivity index is 3.08. The molecule has 1 aromatic rings. The lowest BCUT2D eigenvalue weighted by Gasteiger charge is -2.22. The number of alkyl halides is 3. The van der Waals surface area contributed by atoms with E-state index in [1.54, 1.807) is 11.6 Å². The van der Waals surface area contributed by atoms with Gasteiger partial charge >= 0.3 is 6.18 Å². The van der Waals surface area contributed by atoms with Crippen LogP contribution in [0.2, 0.25) is 0 Å². The van der Waals surface area contributed by atoms with Crippen LogP contribution in [0.25, 0.3) is 0 Å². The van der Waals surface area contributed by atoms with E-state index < -0.39 is 18.6 Å². The largest absolute Gasteiger partial charge is 0.390 e. The third-order valence-electron chi connectivity index (χ3n) is 2.49. The summed E-state index contributed by atoms with van der Waals surface area (Å²) in [4.78, 5) is 0. The minimum absolute atomic E-state index is 0.0145. The average Bonchev–Trinajstić information content (AvgIpc) is 2.57. The summed E-state index contributed by atoms with van der Waals surface area (Å²) < 4.78 is 40.0. The fraction of sp³-hybridized carbons (Fsp3) is 0.727. The number of hydrogen-bond acceptors (Lipinski definition) is 2. The first-order valence-corrected chi connectivity index (χ1v) is 6.58. The van der Waals surface area contributed by atoms with Crippen molar-refractivity contribution in [2.75, 3.05) is 6.54 Å². The topological polar surface area (TPSA) is 29.9 Å². The minimum Gasteiger partial charge on any atom is -0.309 e. The van der Waals surface area contributed by atoms with Gasteiger partial charge in [-0.25, -0.2) is 0 Å². The van der Waals surface area contributed by atoms with Gasteiger partial charge in [0, 0.05) is 6.04 Å². The van der Waals surface area contributed by atoms with E-state index in [1.165, 1.54) is 6.20 Å². The molecule has 3 nitrogen and oxygen atoms in total. The highest BCUT2D eigenvalue weighted by Crippen LogP contribution is 2.34. The van der Waals surface area contributed by atoms with Crippen LogP contribution in [0.15, 0.2) is 10.7 Å². The molecule has 104 valence electrons. The summed E-state index contributed by atoms with van der Waals surface area (Å²) in [6.45, 7) is 6.03. The molecule has 0 spiro atoms. The highest BCUT2D eigenvalue weighted by atomic mass is 79.9. The van der Waals surface area contributed by atoms with Crippen molar-refractivity contribution in [2.24, 2.45) is 0 Å². The maximum Gasteiger partial charge on any atom is 0.390 e. The van der Waals surface area contributed by atoms with Gasteiger partial charge in [0.25, 0.3) is 0 Å². The zero-order chi connectivity index (χ0) is 13.9. The molecule has 0 aromatic carbocycles. The average molecular weight is 328 g/mol. The first kappa shape index (κ1) is 15.5. The lowest BCUT2D eigenvalue weighted by molar-refractivity contribution is -0.140. The molecule has 1 aromatic heterocycles. The van der Waals surface area contributed by atoms with Gasteiger partial charge in [0.1, 0.15) is 0 Å². The second kappa shape index (κ2) is 6.06. The molecule has 0 amide bonds. The van der Waals surface area contributed by atoms with E-state index in [-0.39, 0.29) is 6.04 Å². The number of halogens is 4. The first-order chi connectivity index (χ1) is 8.26. The molecule has 0 aliphatic carbocycles. The predicted molar refractivity (Wildman–Crippen MR) is 67.4 cm³/mol. The fourth-order valence-corrected chi connectivity index (χ4v) is 2.38. The summed E-state index contributed by atoms with van der Waals surface area (Å²) in [6, 6.07) is -0.769. The Morgan fingerprint density at radius 2 is 2.06 bits per heavy atom. The van der Waals surface area contributed by atoms with E-state index in [4.69, 9.17) is 0 Å². The van der Waals surface area contributed by atoms with Crippen molar-refractivity contribution in [3.05, 3.63) is 16.4 Å². The monoisotopic (exact) mass is 327 g/mol. The standard InChI is InChI=1S/C11H17BrF3N3/c1-4-16-9(5-11(13,14)15)10-8(12)6-17-18(10)7(2)3/h6-7,9,16H,4-5H2,1-3H3. The van der Waals surface area contributed by atoms with E-state index in [0.717, 1.165) is 0 Å². The molecule has 1 heterocycles. The van der Waals surface area contributed by atoms with Gasteiger partial charge < -0.3 is 5.32 Å². The number of nitrogens with one attached hydrogen (secondary N) is 1. The van der Waals surface area contributed by atoms with E-state index in [2.05, 4.69) is 26.3 Å². The smallest absolute Gasteiger partial charge is 0.309 e. The quantitative estimate of drug-likeness (QED) is 0.890. The summed E-state index contributed by atoms with van der Waals surface area (Å²) in [5.74, 6) is 0. The molecule has 0 saturated heterocycles. The van der Waals surface area contributed by atoms with Crippen molar-refractivity contribution in [1.29, 1.82) is 0 Å². The number of hydrogen-bond donors (Lipinski definition) is 1. The Hall–Kier alpha value is -0.560. The van der Waals surface area contributed by atoms with Crippen molar-refractivity contribution in [3.8, 4) is 0 Å². The Labute approximate surface area is 113 Å². The third kappa shape index (κ3) is 3.98. The van der Waals surface area contributed by atoms with Crippen molar-refractivity contribution < 1.29 is 13.2 Å². The van der Waals surface area contributed by atoms with Crippen LogP contribution in [0.1, 0.15) is 45.0 Å². The number of nitrogens with zero attached hydrogens (tertiary/aromatic N) is 2. The summed E-state index contributed by atoms with van der Waals surface area (Å²) in [7, 11) is 0. The lowest BCUT2D eigenvalue weighted by atomic mass is 10.1. The van der Waals surface area contributed by atoms with Crippen LogP contribution < -0.4 is 5.32 Å². The second-order valence-corrected chi connectivity index (χ2v) is 5.20. The van der Waals surface area contributed by atoms with Crippen molar-refractivity contribution in [3.63, 3.8) is 0 Å². The summed E-state index contributed by atoms with van der Waals surface area (Å²) >= 11 is 3.27. The molecule has 0 radical (unpaired) electrons. The summed E-state index contributed by atoms with van der Waals surface area (Å²) in [6.07, 6.45) is -3.58. The third-order valence-corrected chi connectivity index (χ3v) is 3.10. The van der Waals surface area contributed by atoms with Gasteiger partial charge in [0.15, 0.2) is 0 Å². The Kier molecular flexibility index (Phi) is 5.21. The first-order valence-electron chi connectivity index (χ1n) is 5.79. The molecular weight excluding hydrogens is 311 g/mol. The molecule has 1 rings (SSSR count). The van der Waals surface area contributed by atoms with Gasteiger partial charge in [-0.3, -0.25) is 4.68 Å². The number of aromatic nitrogens is 2. The Morgan fingerprint density at radius 1 is 1.44 bits per heavy atom. The molecule has 18 heavy (non-hydrogen) atoms. The molecule has 0 aliphatic heterocycles. The van der Waals surface area contributed by atoms with Crippen LogP contribution in [-0.2, 0) is 0 Å². The van der Waals surface area contributed by atoms with Crippen molar-refractivity contribution >= 4 is 15.9 Å². The molecule has 0 bridgehead atoms. The maximum absolute atomic E-state index is 12.6. The van der Waals surface area contributed by atoms with Gasteiger partial charge in [-0.1, -0.05) is 6.92 Å². The van der Waals surface area contributed by atoms with Crippen molar-refractivity contribution in [1.82, 2.24) is 15.1 Å². The maximum atomic E-state index is 12.6. The van der Waals surface area contributed by atoms with Gasteiger partial charge in [-0.15, -0.1) is 0 Å². The molecular formula is C11H17BrF3N3. The van der Waals surface area contributed by atoms with E-state index >= 15 is 0 Å². The Bertz CT molecular complexity index is 387. The zero-order valence-corrected chi connectivity index (χ0v) is 12.1. The SMILES string of the molecule is CCNC(CC(F)(F)F)c1c(Br)cnn1C(C)C. The van der Waals surface area contributed by atoms with Crippen LogP contribution in [0.5, 0.6) is 0 Å². The zero-order valence-electron chi connectivity index (χ0n) is 10.6. The van der Waals surface area contributed by atoms with Crippen LogP contribution in [0.3, 0.4) is 0 Å². The van der Waals surface area contributed by atoms with Gasteiger partial charge in [0.2, 0.25) is 0 Å². The van der Waals surface area contributed by atoms with Crippen LogP contribution in [-0.4, -0.2) is 22.5 Å². The van der Waals surface area contributed by atoms with Crippen LogP contribution >= 0.6 is 15.9 Å². The second-order valence-electron chi connectivity index (χ2n) is 4.35. The van der Waals surface area contributed by atoms with E-state index in [9.17, 15) is 13.2 Å². The molecule has 0 fully saturated rings. The van der Waals surface area contributed by atoms with Crippen molar-refractivity contribution in [2.45, 2.75) is 45.5 Å². The fourth-order valence-electron chi connectivity index (χ4n) is 1.83. The lowest BCUT2D eigenvalue weighted by Crippen LogP contribution is -2.29. The highest BCUT2D eigenvalue weighted by Gasteiger charge is 2.34. The Morgan fingerprint density at radius 3 is 2.50 bits per heavy atom. The number of rotatable bonds is 5. The summed E-state index contributed by atoms with van der Waals surface area (Å²) in [5, 5.41) is 6.98. The normalized spacial score (nSPS) is 14.2. The molecule has 0 aliphatic rings. The molecule has 1 unspecified atom stereocenters. The van der Waals surface area contributed by atoms with Crippen LogP contribution in [0, 0.1) is 0 Å².